The van der Waals surface area contributed by atoms with Crippen LogP contribution in [-0.2, 0) is 28.6 Å². The molecule has 354 valence electrons. The minimum atomic E-state index is -1.30. The fourth-order valence-electron chi connectivity index (χ4n) is 9.85. The van der Waals surface area contributed by atoms with Gasteiger partial charge in [0, 0.05) is 62.3 Å². The molecule has 1 aromatic heterocycles. The quantitative estimate of drug-likeness (QED) is 0.139. The molecule has 0 spiro atoms. The Morgan fingerprint density at radius 3 is 2.48 bits per heavy atom. The Morgan fingerprint density at radius 1 is 1.05 bits per heavy atom. The van der Waals surface area contributed by atoms with Gasteiger partial charge in [-0.3, -0.25) is 19.5 Å². The number of amidine groups is 1. The van der Waals surface area contributed by atoms with E-state index in [0.29, 0.717) is 70.3 Å². The highest BCUT2D eigenvalue weighted by atomic mass is 35.5. The van der Waals surface area contributed by atoms with Crippen LogP contribution in [0.25, 0.3) is 10.9 Å². The number of rotatable bonds is 16. The summed E-state index contributed by atoms with van der Waals surface area (Å²) in [5.41, 5.74) is -0.961. The molecule has 3 saturated carbocycles. The Kier molecular flexibility index (Phi) is 13.9. The number of methoxy groups -OCH3 is 2. The minimum Gasteiger partial charge on any atom is -0.491 e. The molecular weight excluding hydrogens is 874 g/mol. The summed E-state index contributed by atoms with van der Waals surface area (Å²) >= 11 is 8.77. The summed E-state index contributed by atoms with van der Waals surface area (Å²) in [5, 5.41) is 11.0. The standard InChI is InChI=1S/C47H64ClN7O9S/c1-9-28-21-47(28,43(58)61-8)53-41(56)35-19-31(23-55(35)42(57)40(46(4,5)6)52-45(59)64-30-17-26-16-27(26)18-30)63-37-20-33(34-24-65-44(51-34)49-25(2)3)50-39-32(37)10-11-36(38(39)48)62-15-14-54-13-12-29(22-54)60-7/h9-11,20,25-31,34-35,40H,1,12-19,21-24H2,2-8H3,(H,49,51)(H,52,59)(H,53,56)/t26-,27+,28-,29-,30+,31-,34?,35+,40-,47?/m1/s1. The lowest BCUT2D eigenvalue weighted by Gasteiger charge is -2.35. The van der Waals surface area contributed by atoms with Crippen LogP contribution >= 0.6 is 23.4 Å². The van der Waals surface area contributed by atoms with E-state index in [-0.39, 0.29) is 43.2 Å². The van der Waals surface area contributed by atoms with Gasteiger partial charge in [0.15, 0.2) is 5.17 Å². The number of thioether (sulfide) groups is 1. The van der Waals surface area contributed by atoms with Crippen molar-refractivity contribution >= 4 is 63.3 Å². The highest BCUT2D eigenvalue weighted by molar-refractivity contribution is 8.14. The predicted octanol–water partition coefficient (Wildman–Crippen LogP) is 5.65. The summed E-state index contributed by atoms with van der Waals surface area (Å²) in [5.74, 6) is 0.845. The van der Waals surface area contributed by atoms with Crippen LogP contribution in [0.5, 0.6) is 11.5 Å². The number of pyridine rings is 1. The third-order valence-corrected chi connectivity index (χ3v) is 15.0. The largest absolute Gasteiger partial charge is 0.491 e. The molecule has 4 heterocycles. The number of nitrogens with one attached hydrogen (secondary N) is 3. The maximum Gasteiger partial charge on any atom is 0.408 e. The van der Waals surface area contributed by atoms with Crippen molar-refractivity contribution in [3.05, 3.63) is 41.6 Å². The van der Waals surface area contributed by atoms with E-state index in [1.54, 1.807) is 31.0 Å². The molecule has 3 aliphatic carbocycles. The van der Waals surface area contributed by atoms with Crippen molar-refractivity contribution in [1.82, 2.24) is 30.7 Å². The Labute approximate surface area is 390 Å². The van der Waals surface area contributed by atoms with Gasteiger partial charge in [-0.1, -0.05) is 50.2 Å². The summed E-state index contributed by atoms with van der Waals surface area (Å²) in [7, 11) is 3.01. The predicted molar refractivity (Wildman–Crippen MR) is 248 cm³/mol. The second kappa shape index (κ2) is 19.1. The molecule has 8 rings (SSSR count). The van der Waals surface area contributed by atoms with Crippen molar-refractivity contribution in [3.8, 4) is 11.5 Å². The number of aliphatic imine (C=N–C) groups is 1. The summed E-state index contributed by atoms with van der Waals surface area (Å²) in [6, 6.07) is 3.29. The van der Waals surface area contributed by atoms with E-state index >= 15 is 0 Å². The number of ether oxygens (including phenoxy) is 5. The number of likely N-dealkylation sites (tertiary alicyclic amines) is 2. The molecule has 3 amide bonds. The van der Waals surface area contributed by atoms with Gasteiger partial charge < -0.3 is 44.5 Å². The highest BCUT2D eigenvalue weighted by Crippen LogP contribution is 2.52. The van der Waals surface area contributed by atoms with Crippen LogP contribution in [0.1, 0.15) is 84.9 Å². The Hall–Kier alpha value is -4.32. The van der Waals surface area contributed by atoms with Gasteiger partial charge in [0.25, 0.3) is 0 Å². The molecule has 18 heteroatoms. The average molecular weight is 939 g/mol. The molecule has 0 bridgehead atoms. The number of fused-ring (bicyclic) bond motifs is 2. The van der Waals surface area contributed by atoms with Crippen molar-refractivity contribution in [2.75, 3.05) is 52.8 Å². The average Bonchev–Trinajstić information content (AvgIpc) is 3.74. The molecule has 65 heavy (non-hydrogen) atoms. The summed E-state index contributed by atoms with van der Waals surface area (Å²) in [4.78, 5) is 69.7. The lowest BCUT2D eigenvalue weighted by Crippen LogP contribution is -2.59. The van der Waals surface area contributed by atoms with Gasteiger partial charge in [0.05, 0.1) is 31.0 Å². The molecule has 6 aliphatic rings. The lowest BCUT2D eigenvalue weighted by atomic mass is 9.85. The van der Waals surface area contributed by atoms with Gasteiger partial charge in [-0.25, -0.2) is 14.6 Å². The molecule has 2 unspecified atom stereocenters. The van der Waals surface area contributed by atoms with Gasteiger partial charge in [-0.2, -0.15) is 0 Å². The molecular formula is C47H64ClN7O9S. The van der Waals surface area contributed by atoms with Crippen LogP contribution in [-0.4, -0.2) is 139 Å². The van der Waals surface area contributed by atoms with Crippen LogP contribution < -0.4 is 25.4 Å². The molecule has 2 saturated heterocycles. The van der Waals surface area contributed by atoms with Crippen LogP contribution in [0, 0.1) is 23.2 Å². The van der Waals surface area contributed by atoms with E-state index in [4.69, 9.17) is 45.3 Å². The first-order chi connectivity index (χ1) is 31.0. The molecule has 10 atom stereocenters. The van der Waals surface area contributed by atoms with Gasteiger partial charge in [-0.05, 0) is 75.3 Å². The van der Waals surface area contributed by atoms with E-state index in [1.165, 1.54) is 18.4 Å². The Balaban J connectivity index is 1.08. The fourth-order valence-corrected chi connectivity index (χ4v) is 11.2. The van der Waals surface area contributed by atoms with Crippen molar-refractivity contribution in [2.24, 2.45) is 28.2 Å². The first-order valence-corrected chi connectivity index (χ1v) is 24.3. The van der Waals surface area contributed by atoms with Crippen molar-refractivity contribution in [2.45, 2.75) is 121 Å². The number of carbonyl (C=O) groups excluding carboxylic acids is 4. The smallest absolute Gasteiger partial charge is 0.408 e. The number of esters is 1. The summed E-state index contributed by atoms with van der Waals surface area (Å²) < 4.78 is 29.6. The molecule has 3 N–H and O–H groups in total. The minimum absolute atomic E-state index is 0.00326. The molecule has 0 radical (unpaired) electrons. The van der Waals surface area contributed by atoms with Crippen LogP contribution in [0.15, 0.2) is 35.8 Å². The first-order valence-electron chi connectivity index (χ1n) is 23.0. The topological polar surface area (TPSA) is 182 Å². The lowest BCUT2D eigenvalue weighted by molar-refractivity contribution is -0.148. The van der Waals surface area contributed by atoms with E-state index in [1.807, 2.05) is 32.9 Å². The van der Waals surface area contributed by atoms with E-state index in [2.05, 4.69) is 41.3 Å². The molecule has 1 aromatic carbocycles. The number of nitrogens with zero attached hydrogens (tertiary/aromatic N) is 4. The third kappa shape index (κ3) is 10.3. The van der Waals surface area contributed by atoms with E-state index < -0.39 is 53.0 Å². The molecule has 2 aromatic rings. The molecule has 5 fully saturated rings. The number of benzene rings is 1. The van der Waals surface area contributed by atoms with Crippen LogP contribution in [0.2, 0.25) is 5.02 Å². The molecule has 16 nitrogen and oxygen atoms in total. The number of carbonyl (C=O) groups is 4. The van der Waals surface area contributed by atoms with Crippen molar-refractivity contribution in [3.63, 3.8) is 0 Å². The van der Waals surface area contributed by atoms with Gasteiger partial charge >= 0.3 is 12.1 Å². The Bertz CT molecular complexity index is 2200. The zero-order valence-corrected chi connectivity index (χ0v) is 40.1. The van der Waals surface area contributed by atoms with Gasteiger partial charge in [-0.15, -0.1) is 6.58 Å². The monoisotopic (exact) mass is 937 g/mol. The maximum atomic E-state index is 14.9. The number of aromatic nitrogens is 1. The number of hydrogen-bond acceptors (Lipinski definition) is 14. The van der Waals surface area contributed by atoms with Gasteiger partial charge in [0.1, 0.15) is 59.0 Å². The van der Waals surface area contributed by atoms with E-state index in [0.717, 1.165) is 37.5 Å². The van der Waals surface area contributed by atoms with Crippen LogP contribution in [0.3, 0.4) is 0 Å². The van der Waals surface area contributed by atoms with E-state index in [9.17, 15) is 19.2 Å². The SMILES string of the molecule is C=C[C@@H]1CC1(NC(=O)[C@@H]1C[C@@H](Oc2cc(C3CSC(NC(C)C)=N3)nc3c(Cl)c(OCCN4CC[C@@H](OC)C4)ccc23)CN1C(=O)[C@@H](NC(=O)O[C@@H]1C[C@@H]2C[C@@H]2C1)C(C)(C)C)C(=O)OC. The number of hydrogen-bond donors (Lipinski definition) is 3. The maximum absolute atomic E-state index is 14.9. The second-order valence-electron chi connectivity index (χ2n) is 19.9. The molecule has 3 aliphatic heterocycles. The number of halogens is 1. The first kappa shape index (κ1) is 47.2. The fraction of sp³-hybridized carbons (Fsp3) is 0.660. The van der Waals surface area contributed by atoms with Crippen molar-refractivity contribution < 1.29 is 42.9 Å². The zero-order chi connectivity index (χ0) is 46.4. The highest BCUT2D eigenvalue weighted by Gasteiger charge is 2.62. The number of amides is 3. The third-order valence-electron chi connectivity index (χ3n) is 13.7. The zero-order valence-electron chi connectivity index (χ0n) is 38.5. The summed E-state index contributed by atoms with van der Waals surface area (Å²) in [6.45, 7) is 16.4. The second-order valence-corrected chi connectivity index (χ2v) is 21.2. The normalized spacial score (nSPS) is 29.8. The van der Waals surface area contributed by atoms with Crippen molar-refractivity contribution in [1.29, 1.82) is 0 Å². The Morgan fingerprint density at radius 2 is 1.82 bits per heavy atom. The van der Waals surface area contributed by atoms with Gasteiger partial charge in [0.2, 0.25) is 11.8 Å². The van der Waals surface area contributed by atoms with Crippen LogP contribution in [0.4, 0.5) is 4.79 Å². The summed E-state index contributed by atoms with van der Waals surface area (Å²) in [6.07, 6.45) is 4.47. The number of alkyl carbamates (subject to hydrolysis) is 1.